The topological polar surface area (TPSA) is 50.1 Å². The molecular weight excluding hydrogens is 286 g/mol. The van der Waals surface area contributed by atoms with Gasteiger partial charge < -0.3 is 15.0 Å². The second-order valence-corrected chi connectivity index (χ2v) is 6.34. The van der Waals surface area contributed by atoms with Crippen molar-refractivity contribution in [3.05, 3.63) is 29.6 Å². The van der Waals surface area contributed by atoms with E-state index in [0.29, 0.717) is 6.04 Å². The fraction of sp³-hybridized carbons (Fsp3) is 0.562. The number of benzene rings is 1. The molecule has 3 rings (SSSR count). The zero-order chi connectivity index (χ0) is 14.3. The Morgan fingerprint density at radius 3 is 2.57 bits per heavy atom. The van der Waals surface area contributed by atoms with Crippen molar-refractivity contribution in [1.29, 1.82) is 0 Å². The van der Waals surface area contributed by atoms with Crippen LogP contribution < -0.4 is 5.32 Å². The second-order valence-electron chi connectivity index (χ2n) is 6.34. The number of nitrogens with zero attached hydrogens (tertiary/aromatic N) is 2. The fourth-order valence-corrected chi connectivity index (χ4v) is 3.07. The Bertz CT molecular complexity index is 624. The molecule has 5 heteroatoms. The third-order valence-electron chi connectivity index (χ3n) is 4.07. The summed E-state index contributed by atoms with van der Waals surface area (Å²) in [6.07, 6.45) is 2.17. The molecule has 2 aromatic rings. The predicted molar refractivity (Wildman–Crippen MR) is 88.1 cm³/mol. The molecule has 116 valence electrons. The maximum absolute atomic E-state index is 10.5. The van der Waals surface area contributed by atoms with Crippen molar-refractivity contribution in [3.63, 3.8) is 0 Å². The van der Waals surface area contributed by atoms with E-state index >= 15 is 0 Å². The number of aliphatic hydroxyl groups is 1. The molecule has 0 amide bonds. The number of nitrogens with one attached hydrogen (secondary N) is 1. The van der Waals surface area contributed by atoms with Crippen LogP contribution in [-0.2, 0) is 5.60 Å². The zero-order valence-electron chi connectivity index (χ0n) is 12.9. The van der Waals surface area contributed by atoms with Crippen LogP contribution in [0.1, 0.15) is 44.1 Å². The first kappa shape index (κ1) is 16.3. The third-order valence-corrected chi connectivity index (χ3v) is 4.07. The molecule has 0 spiro atoms. The summed E-state index contributed by atoms with van der Waals surface area (Å²) in [6, 6.07) is 6.78. The van der Waals surface area contributed by atoms with Gasteiger partial charge in [0.2, 0.25) is 0 Å². The van der Waals surface area contributed by atoms with Gasteiger partial charge in [0.05, 0.1) is 11.0 Å². The summed E-state index contributed by atoms with van der Waals surface area (Å²) in [5, 5.41) is 13.9. The molecule has 2 heterocycles. The van der Waals surface area contributed by atoms with Crippen LogP contribution in [0.25, 0.3) is 11.0 Å². The van der Waals surface area contributed by atoms with Crippen molar-refractivity contribution >= 4 is 23.4 Å². The van der Waals surface area contributed by atoms with Gasteiger partial charge in [0.15, 0.2) is 0 Å². The molecule has 1 aliphatic heterocycles. The number of rotatable bonds is 2. The first-order valence-electron chi connectivity index (χ1n) is 7.39. The Balaban J connectivity index is 0.00000161. The van der Waals surface area contributed by atoms with E-state index in [1.807, 2.05) is 13.8 Å². The van der Waals surface area contributed by atoms with Gasteiger partial charge in [0, 0.05) is 6.04 Å². The van der Waals surface area contributed by atoms with Crippen LogP contribution in [0.3, 0.4) is 0 Å². The molecule has 0 radical (unpaired) electrons. The first-order chi connectivity index (χ1) is 9.47. The highest BCUT2D eigenvalue weighted by Gasteiger charge is 2.29. The number of hydrogen-bond acceptors (Lipinski definition) is 3. The number of aryl methyl sites for hydroxylation is 1. The van der Waals surface area contributed by atoms with Gasteiger partial charge in [-0.15, -0.1) is 12.4 Å². The second kappa shape index (κ2) is 5.95. The quantitative estimate of drug-likeness (QED) is 0.897. The Hall–Kier alpha value is -1.10. The monoisotopic (exact) mass is 309 g/mol. The van der Waals surface area contributed by atoms with E-state index in [0.717, 1.165) is 42.8 Å². The van der Waals surface area contributed by atoms with E-state index in [1.54, 1.807) is 0 Å². The molecule has 0 saturated carbocycles. The normalized spacial score (nSPS) is 17.0. The van der Waals surface area contributed by atoms with E-state index in [1.165, 1.54) is 5.56 Å². The molecule has 1 aliphatic rings. The number of halogens is 1. The molecule has 0 bridgehead atoms. The van der Waals surface area contributed by atoms with Crippen LogP contribution in [0.2, 0.25) is 0 Å². The van der Waals surface area contributed by atoms with Crippen molar-refractivity contribution in [2.75, 3.05) is 13.1 Å². The van der Waals surface area contributed by atoms with E-state index in [2.05, 4.69) is 35.0 Å². The lowest BCUT2D eigenvalue weighted by Gasteiger charge is -2.29. The Labute approximate surface area is 132 Å². The highest BCUT2D eigenvalue weighted by atomic mass is 35.5. The standard InChI is InChI=1S/C16H23N3O.ClH/c1-11-4-5-14-13(10-11)18-15(16(2,3)20)19(14)12-6-8-17-9-7-12;/h4-5,10,12,17,20H,6-9H2,1-3H3;1H. The first-order valence-corrected chi connectivity index (χ1v) is 7.39. The van der Waals surface area contributed by atoms with Gasteiger partial charge in [-0.25, -0.2) is 4.98 Å². The highest BCUT2D eigenvalue weighted by Crippen LogP contribution is 2.32. The maximum Gasteiger partial charge on any atom is 0.141 e. The minimum absolute atomic E-state index is 0. The molecular formula is C16H24ClN3O. The zero-order valence-corrected chi connectivity index (χ0v) is 13.7. The van der Waals surface area contributed by atoms with E-state index in [4.69, 9.17) is 4.98 Å². The maximum atomic E-state index is 10.5. The smallest absolute Gasteiger partial charge is 0.141 e. The van der Waals surface area contributed by atoms with Crippen LogP contribution in [-0.4, -0.2) is 27.7 Å². The van der Waals surface area contributed by atoms with Gasteiger partial charge in [-0.2, -0.15) is 0 Å². The van der Waals surface area contributed by atoms with E-state index in [-0.39, 0.29) is 12.4 Å². The molecule has 1 aromatic heterocycles. The molecule has 0 aliphatic carbocycles. The van der Waals surface area contributed by atoms with Crippen LogP contribution in [0, 0.1) is 6.92 Å². The lowest BCUT2D eigenvalue weighted by Crippen LogP contribution is -2.32. The molecule has 4 nitrogen and oxygen atoms in total. The van der Waals surface area contributed by atoms with Crippen LogP contribution in [0.4, 0.5) is 0 Å². The van der Waals surface area contributed by atoms with Gasteiger partial charge in [0.25, 0.3) is 0 Å². The molecule has 2 N–H and O–H groups in total. The number of fused-ring (bicyclic) bond motifs is 1. The van der Waals surface area contributed by atoms with Gasteiger partial charge in [-0.3, -0.25) is 0 Å². The minimum Gasteiger partial charge on any atom is -0.383 e. The lowest BCUT2D eigenvalue weighted by molar-refractivity contribution is 0.0625. The molecule has 1 saturated heterocycles. The van der Waals surface area contributed by atoms with Gasteiger partial charge in [-0.1, -0.05) is 6.07 Å². The summed E-state index contributed by atoms with van der Waals surface area (Å²) >= 11 is 0. The summed E-state index contributed by atoms with van der Waals surface area (Å²) in [4.78, 5) is 4.71. The number of imidazole rings is 1. The highest BCUT2D eigenvalue weighted by molar-refractivity contribution is 5.85. The van der Waals surface area contributed by atoms with Crippen molar-refractivity contribution < 1.29 is 5.11 Å². The summed E-state index contributed by atoms with van der Waals surface area (Å²) in [7, 11) is 0. The van der Waals surface area contributed by atoms with Gasteiger partial charge in [0.1, 0.15) is 11.4 Å². The summed E-state index contributed by atoms with van der Waals surface area (Å²) in [6.45, 7) is 7.77. The minimum atomic E-state index is -0.919. The average Bonchev–Trinajstić information content (AvgIpc) is 2.78. The van der Waals surface area contributed by atoms with Crippen LogP contribution in [0.15, 0.2) is 18.2 Å². The SMILES string of the molecule is Cc1ccc2c(c1)nc(C(C)(C)O)n2C1CCNCC1.Cl. The molecule has 0 unspecified atom stereocenters. The molecule has 1 fully saturated rings. The predicted octanol–water partition coefficient (Wildman–Crippen LogP) is 2.92. The Kier molecular flexibility index (Phi) is 4.61. The fourth-order valence-electron chi connectivity index (χ4n) is 3.07. The lowest BCUT2D eigenvalue weighted by atomic mass is 10.0. The van der Waals surface area contributed by atoms with E-state index in [9.17, 15) is 5.11 Å². The van der Waals surface area contributed by atoms with Gasteiger partial charge >= 0.3 is 0 Å². The molecule has 21 heavy (non-hydrogen) atoms. The third kappa shape index (κ3) is 3.07. The van der Waals surface area contributed by atoms with Crippen molar-refractivity contribution in [2.45, 2.75) is 45.3 Å². The largest absolute Gasteiger partial charge is 0.383 e. The average molecular weight is 310 g/mol. The summed E-state index contributed by atoms with van der Waals surface area (Å²) < 4.78 is 2.26. The molecule has 0 atom stereocenters. The Morgan fingerprint density at radius 1 is 1.29 bits per heavy atom. The Morgan fingerprint density at radius 2 is 1.95 bits per heavy atom. The van der Waals surface area contributed by atoms with Crippen LogP contribution in [0.5, 0.6) is 0 Å². The number of hydrogen-bond donors (Lipinski definition) is 2. The number of aromatic nitrogens is 2. The van der Waals surface area contributed by atoms with Gasteiger partial charge in [-0.05, 0) is 64.4 Å². The van der Waals surface area contributed by atoms with Crippen LogP contribution >= 0.6 is 12.4 Å². The summed E-state index contributed by atoms with van der Waals surface area (Å²) in [5.74, 6) is 0.782. The molecule has 1 aromatic carbocycles. The van der Waals surface area contributed by atoms with Crippen molar-refractivity contribution in [3.8, 4) is 0 Å². The van der Waals surface area contributed by atoms with E-state index < -0.39 is 5.60 Å². The number of piperidine rings is 1. The van der Waals surface area contributed by atoms with Crippen molar-refractivity contribution in [1.82, 2.24) is 14.9 Å². The summed E-state index contributed by atoms with van der Waals surface area (Å²) in [5.41, 5.74) is 2.41. The van der Waals surface area contributed by atoms with Crippen molar-refractivity contribution in [2.24, 2.45) is 0 Å².